The number of aromatic amines is 1. The molecule has 1 fully saturated rings. The summed E-state index contributed by atoms with van der Waals surface area (Å²) < 4.78 is 26.6. The van der Waals surface area contributed by atoms with Crippen LogP contribution in [0.3, 0.4) is 0 Å². The van der Waals surface area contributed by atoms with Gasteiger partial charge in [0.25, 0.3) is 0 Å². The van der Waals surface area contributed by atoms with Gasteiger partial charge in [-0.1, -0.05) is 0 Å². The highest BCUT2D eigenvalue weighted by Gasteiger charge is 2.19. The molecule has 102 valence electrons. The lowest BCUT2D eigenvalue weighted by atomic mass is 9.96. The molecule has 2 heterocycles. The molecule has 7 heteroatoms. The number of H-pyrrole nitrogens is 1. The Morgan fingerprint density at radius 1 is 1.56 bits per heavy atom. The number of nitrogens with one attached hydrogen (secondary N) is 3. The first-order valence-corrected chi connectivity index (χ1v) is 7.78. The molecular weight excluding hydrogens is 252 g/mol. The van der Waals surface area contributed by atoms with E-state index in [0.717, 1.165) is 19.5 Å². The van der Waals surface area contributed by atoms with Gasteiger partial charge >= 0.3 is 0 Å². The van der Waals surface area contributed by atoms with Crippen molar-refractivity contribution in [1.82, 2.24) is 20.2 Å². The third kappa shape index (κ3) is 3.30. The van der Waals surface area contributed by atoms with Gasteiger partial charge in [-0.05, 0) is 45.2 Å². The SMILES string of the molecule is Cc1[nH]ncc1S(=O)(=O)NCCC1CCCNC1. The number of rotatable bonds is 5. The van der Waals surface area contributed by atoms with E-state index in [1.807, 2.05) is 0 Å². The van der Waals surface area contributed by atoms with Crippen molar-refractivity contribution in [1.29, 1.82) is 0 Å². The van der Waals surface area contributed by atoms with Gasteiger partial charge in [0.15, 0.2) is 0 Å². The van der Waals surface area contributed by atoms with Crippen molar-refractivity contribution in [3.05, 3.63) is 11.9 Å². The fraction of sp³-hybridized carbons (Fsp3) is 0.727. The van der Waals surface area contributed by atoms with Crippen LogP contribution in [0.4, 0.5) is 0 Å². The summed E-state index contributed by atoms with van der Waals surface area (Å²) in [5, 5.41) is 9.69. The molecule has 0 radical (unpaired) electrons. The maximum absolute atomic E-state index is 12.0. The monoisotopic (exact) mass is 272 g/mol. The third-order valence-electron chi connectivity index (χ3n) is 3.32. The Labute approximate surface area is 108 Å². The molecule has 1 atom stereocenters. The predicted molar refractivity (Wildman–Crippen MR) is 68.7 cm³/mol. The highest BCUT2D eigenvalue weighted by atomic mass is 32.2. The first kappa shape index (κ1) is 13.5. The Balaban J connectivity index is 1.84. The molecule has 0 spiro atoms. The van der Waals surface area contributed by atoms with Gasteiger partial charge in [-0.3, -0.25) is 5.10 Å². The van der Waals surface area contributed by atoms with E-state index in [-0.39, 0.29) is 4.90 Å². The lowest BCUT2D eigenvalue weighted by Gasteiger charge is -2.22. The molecule has 1 unspecified atom stereocenters. The van der Waals surface area contributed by atoms with Crippen molar-refractivity contribution in [3.8, 4) is 0 Å². The van der Waals surface area contributed by atoms with Crippen LogP contribution >= 0.6 is 0 Å². The molecule has 1 saturated heterocycles. The Morgan fingerprint density at radius 3 is 3.00 bits per heavy atom. The summed E-state index contributed by atoms with van der Waals surface area (Å²) in [6, 6.07) is 0. The van der Waals surface area contributed by atoms with E-state index >= 15 is 0 Å². The van der Waals surface area contributed by atoms with Gasteiger partial charge in [0.2, 0.25) is 10.0 Å². The number of sulfonamides is 1. The van der Waals surface area contributed by atoms with Gasteiger partial charge in [-0.25, -0.2) is 13.1 Å². The summed E-state index contributed by atoms with van der Waals surface area (Å²) in [7, 11) is -3.41. The molecule has 3 N–H and O–H groups in total. The normalized spacial score (nSPS) is 21.1. The molecule has 1 aromatic rings. The second kappa shape index (κ2) is 5.81. The lowest BCUT2D eigenvalue weighted by molar-refractivity contribution is 0.358. The highest BCUT2D eigenvalue weighted by Crippen LogP contribution is 2.14. The average molecular weight is 272 g/mol. The molecule has 0 saturated carbocycles. The van der Waals surface area contributed by atoms with E-state index in [4.69, 9.17) is 0 Å². The maximum Gasteiger partial charge on any atom is 0.243 e. The summed E-state index contributed by atoms with van der Waals surface area (Å²) >= 11 is 0. The number of aromatic nitrogens is 2. The molecule has 1 aromatic heterocycles. The summed E-state index contributed by atoms with van der Waals surface area (Å²) in [6.07, 6.45) is 4.58. The van der Waals surface area contributed by atoms with Gasteiger partial charge in [-0.15, -0.1) is 0 Å². The summed E-state index contributed by atoms with van der Waals surface area (Å²) in [5.41, 5.74) is 0.571. The van der Waals surface area contributed by atoms with Crippen LogP contribution in [0.25, 0.3) is 0 Å². The van der Waals surface area contributed by atoms with Crippen molar-refractivity contribution >= 4 is 10.0 Å². The summed E-state index contributed by atoms with van der Waals surface area (Å²) in [6.45, 7) is 4.26. The van der Waals surface area contributed by atoms with Crippen molar-refractivity contribution < 1.29 is 8.42 Å². The van der Waals surface area contributed by atoms with E-state index in [2.05, 4.69) is 20.2 Å². The van der Waals surface area contributed by atoms with Gasteiger partial charge in [0, 0.05) is 6.54 Å². The van der Waals surface area contributed by atoms with Crippen molar-refractivity contribution in [2.75, 3.05) is 19.6 Å². The number of piperidine rings is 1. The Hall–Kier alpha value is -0.920. The Bertz CT molecular complexity index is 477. The zero-order chi connectivity index (χ0) is 13.0. The van der Waals surface area contributed by atoms with Crippen LogP contribution in [0.2, 0.25) is 0 Å². The third-order valence-corrected chi connectivity index (χ3v) is 4.89. The zero-order valence-corrected chi connectivity index (χ0v) is 11.4. The van der Waals surface area contributed by atoms with E-state index in [1.54, 1.807) is 6.92 Å². The van der Waals surface area contributed by atoms with Crippen LogP contribution in [0.15, 0.2) is 11.1 Å². The lowest BCUT2D eigenvalue weighted by Crippen LogP contribution is -2.33. The Kier molecular flexibility index (Phi) is 4.36. The van der Waals surface area contributed by atoms with E-state index in [1.165, 1.54) is 19.0 Å². The van der Waals surface area contributed by atoms with Crippen LogP contribution in [0.5, 0.6) is 0 Å². The van der Waals surface area contributed by atoms with E-state index < -0.39 is 10.0 Å². The van der Waals surface area contributed by atoms with Gasteiger partial charge < -0.3 is 5.32 Å². The van der Waals surface area contributed by atoms with Crippen LogP contribution in [0.1, 0.15) is 25.0 Å². The average Bonchev–Trinajstić information content (AvgIpc) is 2.77. The number of hydrogen-bond acceptors (Lipinski definition) is 4. The molecule has 0 aliphatic carbocycles. The maximum atomic E-state index is 12.0. The molecule has 0 amide bonds. The summed E-state index contributed by atoms with van der Waals surface area (Å²) in [5.74, 6) is 0.576. The minimum absolute atomic E-state index is 0.240. The molecule has 1 aliphatic heterocycles. The molecule has 6 nitrogen and oxygen atoms in total. The van der Waals surface area contributed by atoms with Crippen molar-refractivity contribution in [2.24, 2.45) is 5.92 Å². The largest absolute Gasteiger partial charge is 0.316 e. The van der Waals surface area contributed by atoms with Crippen LogP contribution < -0.4 is 10.0 Å². The van der Waals surface area contributed by atoms with E-state index in [9.17, 15) is 8.42 Å². The van der Waals surface area contributed by atoms with Crippen LogP contribution in [-0.4, -0.2) is 38.2 Å². The second-order valence-electron chi connectivity index (χ2n) is 4.76. The first-order chi connectivity index (χ1) is 8.59. The Morgan fingerprint density at radius 2 is 2.39 bits per heavy atom. The first-order valence-electron chi connectivity index (χ1n) is 6.30. The van der Waals surface area contributed by atoms with Crippen molar-refractivity contribution in [2.45, 2.75) is 31.1 Å². The minimum atomic E-state index is -3.41. The zero-order valence-electron chi connectivity index (χ0n) is 10.6. The second-order valence-corrected chi connectivity index (χ2v) is 6.49. The minimum Gasteiger partial charge on any atom is -0.316 e. The summed E-state index contributed by atoms with van der Waals surface area (Å²) in [4.78, 5) is 0.240. The number of aryl methyl sites for hydroxylation is 1. The van der Waals surface area contributed by atoms with Crippen LogP contribution in [-0.2, 0) is 10.0 Å². The van der Waals surface area contributed by atoms with Gasteiger partial charge in [0.05, 0.1) is 11.9 Å². The van der Waals surface area contributed by atoms with Gasteiger partial charge in [-0.2, -0.15) is 5.10 Å². The molecule has 18 heavy (non-hydrogen) atoms. The fourth-order valence-electron chi connectivity index (χ4n) is 2.26. The molecule has 0 bridgehead atoms. The molecule has 1 aliphatic rings. The topological polar surface area (TPSA) is 86.9 Å². The number of nitrogens with zero attached hydrogens (tertiary/aromatic N) is 1. The predicted octanol–water partition coefficient (Wildman–Crippen LogP) is 0.386. The fourth-order valence-corrected chi connectivity index (χ4v) is 3.44. The molecule has 0 aromatic carbocycles. The van der Waals surface area contributed by atoms with E-state index in [0.29, 0.717) is 18.2 Å². The highest BCUT2D eigenvalue weighted by molar-refractivity contribution is 7.89. The molecule has 2 rings (SSSR count). The van der Waals surface area contributed by atoms with Gasteiger partial charge in [0.1, 0.15) is 4.90 Å². The molecular formula is C11H20N4O2S. The standard InChI is InChI=1S/C11H20N4O2S/c1-9-11(8-13-15-9)18(16,17)14-6-4-10-3-2-5-12-7-10/h8,10,12,14H,2-7H2,1H3,(H,13,15). The van der Waals surface area contributed by atoms with Crippen LogP contribution in [0, 0.1) is 12.8 Å². The smallest absolute Gasteiger partial charge is 0.243 e. The quantitative estimate of drug-likeness (QED) is 0.723. The van der Waals surface area contributed by atoms with Crippen molar-refractivity contribution in [3.63, 3.8) is 0 Å². The number of hydrogen-bond donors (Lipinski definition) is 3.